The van der Waals surface area contributed by atoms with E-state index in [1.54, 1.807) is 0 Å². The van der Waals surface area contributed by atoms with Crippen molar-refractivity contribution in [1.29, 1.82) is 0 Å². The van der Waals surface area contributed by atoms with Gasteiger partial charge in [-0.25, -0.2) is 4.98 Å². The van der Waals surface area contributed by atoms with Crippen molar-refractivity contribution in [2.75, 3.05) is 11.4 Å². The van der Waals surface area contributed by atoms with Crippen molar-refractivity contribution in [3.8, 4) is 11.5 Å². The Kier molecular flexibility index (Phi) is 6.10. The molecule has 3 aromatic rings. The highest BCUT2D eigenvalue weighted by molar-refractivity contribution is 9.10. The van der Waals surface area contributed by atoms with Gasteiger partial charge in [-0.05, 0) is 76.8 Å². The second-order valence-corrected chi connectivity index (χ2v) is 11.6. The Hall–Kier alpha value is -2.33. The molecule has 0 saturated carbocycles. The van der Waals surface area contributed by atoms with Crippen molar-refractivity contribution < 1.29 is 4.74 Å². The number of halogens is 1. The van der Waals surface area contributed by atoms with E-state index >= 15 is 0 Å². The smallest absolute Gasteiger partial charge is 0.133 e. The monoisotopic (exact) mass is 492 g/mol. The van der Waals surface area contributed by atoms with Crippen LogP contribution in [-0.2, 0) is 17.3 Å². The Morgan fingerprint density at radius 3 is 2.31 bits per heavy atom. The number of anilines is 2. The maximum atomic E-state index is 6.35. The summed E-state index contributed by atoms with van der Waals surface area (Å²) in [5.41, 5.74) is 5.22. The lowest BCUT2D eigenvalue weighted by molar-refractivity contribution is 0.477. The first-order chi connectivity index (χ1) is 15.0. The molecule has 0 radical (unpaired) electrons. The highest BCUT2D eigenvalue weighted by Crippen LogP contribution is 2.38. The third-order valence-corrected chi connectivity index (χ3v) is 6.49. The lowest BCUT2D eigenvalue weighted by Crippen LogP contribution is -2.26. The van der Waals surface area contributed by atoms with Crippen molar-refractivity contribution in [2.45, 2.75) is 65.2 Å². The van der Waals surface area contributed by atoms with Crippen molar-refractivity contribution in [3.05, 3.63) is 75.9 Å². The molecular formula is C28H33BrN2O. The first-order valence-corrected chi connectivity index (χ1v) is 12.2. The summed E-state index contributed by atoms with van der Waals surface area (Å²) in [6.07, 6.45) is 4.13. The predicted octanol–water partition coefficient (Wildman–Crippen LogP) is 8.32. The Bertz CT molecular complexity index is 1130. The zero-order valence-corrected chi connectivity index (χ0v) is 21.6. The number of rotatable bonds is 3. The molecule has 2 heterocycles. The van der Waals surface area contributed by atoms with Gasteiger partial charge in [0.2, 0.25) is 0 Å². The van der Waals surface area contributed by atoms with Gasteiger partial charge in [0.25, 0.3) is 0 Å². The Morgan fingerprint density at radius 1 is 0.844 bits per heavy atom. The van der Waals surface area contributed by atoms with Crippen LogP contribution in [-0.4, -0.2) is 11.5 Å². The van der Waals surface area contributed by atoms with Crippen LogP contribution in [0.5, 0.6) is 11.5 Å². The molecule has 0 fully saturated rings. The van der Waals surface area contributed by atoms with E-state index in [1.807, 2.05) is 12.3 Å². The fourth-order valence-electron chi connectivity index (χ4n) is 4.08. The first-order valence-electron chi connectivity index (χ1n) is 11.4. The number of hydrogen-bond acceptors (Lipinski definition) is 3. The topological polar surface area (TPSA) is 25.4 Å². The molecule has 0 unspecified atom stereocenters. The fourth-order valence-corrected chi connectivity index (χ4v) is 4.55. The van der Waals surface area contributed by atoms with Gasteiger partial charge in [0.1, 0.15) is 17.3 Å². The fraction of sp³-hybridized carbons (Fsp3) is 0.393. The molecule has 2 aromatic carbocycles. The van der Waals surface area contributed by atoms with E-state index in [9.17, 15) is 0 Å². The molecule has 168 valence electrons. The number of fused-ring (bicyclic) bond motifs is 1. The number of aryl methyl sites for hydroxylation is 1. The minimum absolute atomic E-state index is 0.0539. The Balaban J connectivity index is 1.68. The summed E-state index contributed by atoms with van der Waals surface area (Å²) >= 11 is 3.65. The zero-order chi connectivity index (χ0) is 23.1. The third kappa shape index (κ3) is 5.01. The summed E-state index contributed by atoms with van der Waals surface area (Å²) in [5.74, 6) is 2.70. The molecule has 0 bridgehead atoms. The molecule has 1 aromatic heterocycles. The van der Waals surface area contributed by atoms with E-state index in [0.29, 0.717) is 0 Å². The van der Waals surface area contributed by atoms with Crippen LogP contribution in [0.1, 0.15) is 64.7 Å². The van der Waals surface area contributed by atoms with E-state index < -0.39 is 0 Å². The highest BCUT2D eigenvalue weighted by atomic mass is 79.9. The SMILES string of the molecule is CC(C)(C)c1cc(Br)cc(Oc2ccc3c(c2)N(c2cc(C(C)(C)C)ccn2)CCC3)c1. The molecule has 0 spiro atoms. The zero-order valence-electron chi connectivity index (χ0n) is 20.0. The van der Waals surface area contributed by atoms with Gasteiger partial charge in [0.15, 0.2) is 0 Å². The van der Waals surface area contributed by atoms with Gasteiger partial charge in [0.05, 0.1) is 0 Å². The second kappa shape index (κ2) is 8.55. The molecule has 1 aliphatic rings. The van der Waals surface area contributed by atoms with Crippen LogP contribution in [0, 0.1) is 0 Å². The average molecular weight is 493 g/mol. The average Bonchev–Trinajstić information content (AvgIpc) is 2.72. The van der Waals surface area contributed by atoms with Crippen LogP contribution in [0.3, 0.4) is 0 Å². The number of benzene rings is 2. The molecule has 4 heteroatoms. The van der Waals surface area contributed by atoms with E-state index in [2.05, 4.69) is 105 Å². The van der Waals surface area contributed by atoms with Crippen LogP contribution in [0.2, 0.25) is 0 Å². The first kappa shape index (κ1) is 22.8. The Morgan fingerprint density at radius 2 is 1.59 bits per heavy atom. The maximum Gasteiger partial charge on any atom is 0.133 e. The van der Waals surface area contributed by atoms with E-state index in [-0.39, 0.29) is 10.8 Å². The third-order valence-electron chi connectivity index (χ3n) is 6.04. The summed E-state index contributed by atoms with van der Waals surface area (Å²) in [5, 5.41) is 0. The van der Waals surface area contributed by atoms with Gasteiger partial charge in [0, 0.05) is 29.0 Å². The molecule has 4 rings (SSSR count). The molecule has 0 aliphatic carbocycles. The van der Waals surface area contributed by atoms with Gasteiger partial charge < -0.3 is 9.64 Å². The normalized spacial score (nSPS) is 14.3. The molecule has 1 aliphatic heterocycles. The molecule has 0 N–H and O–H groups in total. The molecule has 0 amide bonds. The number of pyridine rings is 1. The summed E-state index contributed by atoms with van der Waals surface area (Å²) < 4.78 is 7.38. The maximum absolute atomic E-state index is 6.35. The minimum atomic E-state index is 0.0539. The standard InChI is InChI=1S/C28H33BrN2O/c1-27(2,3)20-11-12-30-26(16-20)31-13-7-8-19-9-10-23(18-25(19)31)32-24-15-21(28(4,5)6)14-22(29)17-24/h9-12,14-18H,7-8,13H2,1-6H3. The quantitative estimate of drug-likeness (QED) is 0.367. The lowest BCUT2D eigenvalue weighted by atomic mass is 9.87. The number of nitrogens with zero attached hydrogens (tertiary/aromatic N) is 2. The summed E-state index contributed by atoms with van der Waals surface area (Å²) in [6.45, 7) is 14.3. The number of hydrogen-bond donors (Lipinski definition) is 0. The highest BCUT2D eigenvalue weighted by Gasteiger charge is 2.23. The van der Waals surface area contributed by atoms with Crippen LogP contribution < -0.4 is 9.64 Å². The number of ether oxygens (including phenoxy) is 1. The van der Waals surface area contributed by atoms with Crippen molar-refractivity contribution in [1.82, 2.24) is 4.98 Å². The summed E-state index contributed by atoms with van der Waals surface area (Å²) in [6, 6.07) is 17.1. The summed E-state index contributed by atoms with van der Waals surface area (Å²) in [7, 11) is 0. The largest absolute Gasteiger partial charge is 0.457 e. The molecule has 0 atom stereocenters. The van der Waals surface area contributed by atoms with Gasteiger partial charge >= 0.3 is 0 Å². The van der Waals surface area contributed by atoms with Gasteiger partial charge in [-0.15, -0.1) is 0 Å². The van der Waals surface area contributed by atoms with E-state index in [4.69, 9.17) is 9.72 Å². The van der Waals surface area contributed by atoms with Crippen molar-refractivity contribution in [3.63, 3.8) is 0 Å². The molecule has 0 saturated heterocycles. The van der Waals surface area contributed by atoms with E-state index in [0.717, 1.165) is 41.2 Å². The van der Waals surface area contributed by atoms with Gasteiger partial charge in [-0.1, -0.05) is 63.5 Å². The van der Waals surface area contributed by atoms with Crippen LogP contribution in [0.15, 0.2) is 59.2 Å². The van der Waals surface area contributed by atoms with Crippen LogP contribution in [0.4, 0.5) is 11.5 Å². The summed E-state index contributed by atoms with van der Waals surface area (Å²) in [4.78, 5) is 7.05. The molecular weight excluding hydrogens is 460 g/mol. The van der Waals surface area contributed by atoms with Crippen molar-refractivity contribution >= 4 is 27.4 Å². The lowest BCUT2D eigenvalue weighted by Gasteiger charge is -2.32. The molecule has 32 heavy (non-hydrogen) atoms. The van der Waals surface area contributed by atoms with E-state index in [1.165, 1.54) is 22.4 Å². The predicted molar refractivity (Wildman–Crippen MR) is 138 cm³/mol. The Labute approximate surface area is 201 Å². The molecule has 3 nitrogen and oxygen atoms in total. The van der Waals surface area contributed by atoms with Crippen molar-refractivity contribution in [2.24, 2.45) is 0 Å². The minimum Gasteiger partial charge on any atom is -0.457 e. The van der Waals surface area contributed by atoms with Gasteiger partial charge in [-0.2, -0.15) is 0 Å². The van der Waals surface area contributed by atoms with Crippen LogP contribution >= 0.6 is 15.9 Å². The number of aromatic nitrogens is 1. The van der Waals surface area contributed by atoms with Gasteiger partial charge in [-0.3, -0.25) is 0 Å². The second-order valence-electron chi connectivity index (χ2n) is 10.7. The van der Waals surface area contributed by atoms with Crippen LogP contribution in [0.25, 0.3) is 0 Å².